The van der Waals surface area contributed by atoms with Gasteiger partial charge in [-0.25, -0.2) is 0 Å². The van der Waals surface area contributed by atoms with Gasteiger partial charge in [-0.05, 0) is 6.42 Å². The van der Waals surface area contributed by atoms with Crippen molar-refractivity contribution in [3.05, 3.63) is 36.2 Å². The number of likely N-dealkylation sites (tertiary alicyclic amines) is 1. The second-order valence-corrected chi connectivity index (χ2v) is 7.39. The first-order valence-corrected chi connectivity index (χ1v) is 9.37. The highest BCUT2D eigenvalue weighted by Crippen LogP contribution is 2.27. The molecule has 136 valence electrons. The molecule has 4 heterocycles. The minimum atomic E-state index is 0.124. The number of hydrogen-bond donors (Lipinski definition) is 0. The van der Waals surface area contributed by atoms with Crippen molar-refractivity contribution in [2.45, 2.75) is 25.6 Å². The molecule has 2 saturated heterocycles. The predicted octanol–water partition coefficient (Wildman–Crippen LogP) is 1.01. The summed E-state index contributed by atoms with van der Waals surface area (Å²) in [5.41, 5.74) is 1.07. The summed E-state index contributed by atoms with van der Waals surface area (Å²) in [6.07, 6.45) is 1.09. The second-order valence-electron chi connectivity index (χ2n) is 7.39. The molecule has 0 N–H and O–H groups in total. The van der Waals surface area contributed by atoms with Crippen molar-refractivity contribution >= 4 is 5.91 Å². The van der Waals surface area contributed by atoms with Gasteiger partial charge >= 0.3 is 0 Å². The first kappa shape index (κ1) is 16.0. The lowest BCUT2D eigenvalue weighted by molar-refractivity contribution is -0.143. The normalized spacial score (nSPS) is 23.7. The van der Waals surface area contributed by atoms with Crippen LogP contribution in [-0.4, -0.2) is 69.4 Å². The van der Waals surface area contributed by atoms with Gasteiger partial charge in [0.05, 0.1) is 19.1 Å². The average Bonchev–Trinajstić information content (AvgIpc) is 3.30. The largest absolute Gasteiger partial charge is 0.380 e. The topological polar surface area (TPSA) is 63.5 Å². The third-order valence-corrected chi connectivity index (χ3v) is 5.78. The van der Waals surface area contributed by atoms with Gasteiger partial charge in [0.25, 0.3) is 0 Å². The summed E-state index contributed by atoms with van der Waals surface area (Å²) >= 11 is 0. The Hall–Kier alpha value is -2.25. The number of carbonyl (C=O) groups excluding carboxylic acids is 1. The van der Waals surface area contributed by atoms with Crippen LogP contribution in [0.2, 0.25) is 0 Å². The Kier molecular flexibility index (Phi) is 3.98. The number of ether oxygens (including phenoxy) is 1. The Morgan fingerprint density at radius 1 is 1.12 bits per heavy atom. The molecule has 0 radical (unpaired) electrons. The molecule has 1 atom stereocenters. The van der Waals surface area contributed by atoms with E-state index in [0.717, 1.165) is 63.0 Å². The maximum Gasteiger partial charge on any atom is 0.228 e. The summed E-state index contributed by atoms with van der Waals surface area (Å²) in [5, 5.41) is 8.70. The van der Waals surface area contributed by atoms with Crippen LogP contribution in [0.4, 0.5) is 0 Å². The summed E-state index contributed by atoms with van der Waals surface area (Å²) in [6.45, 7) is 5.44. The SMILES string of the molecule is O=C(C1CN(C2CCOC2)C1)N1CCn2c(nnc2-c2ccccc2)C1. The number of hydrogen-bond acceptors (Lipinski definition) is 5. The molecule has 1 amide bonds. The van der Waals surface area contributed by atoms with Crippen LogP contribution in [-0.2, 0) is 22.6 Å². The minimum Gasteiger partial charge on any atom is -0.380 e. The molecule has 0 bridgehead atoms. The maximum absolute atomic E-state index is 12.8. The third kappa shape index (κ3) is 2.71. The molecule has 1 unspecified atom stereocenters. The number of rotatable bonds is 3. The molecular weight excluding hydrogens is 330 g/mol. The fourth-order valence-electron chi connectivity index (χ4n) is 4.18. The number of carbonyl (C=O) groups is 1. The smallest absolute Gasteiger partial charge is 0.228 e. The zero-order valence-corrected chi connectivity index (χ0v) is 14.8. The van der Waals surface area contributed by atoms with Gasteiger partial charge < -0.3 is 14.2 Å². The van der Waals surface area contributed by atoms with Gasteiger partial charge in [0, 0.05) is 44.4 Å². The van der Waals surface area contributed by atoms with E-state index in [-0.39, 0.29) is 11.8 Å². The Morgan fingerprint density at radius 3 is 2.73 bits per heavy atom. The first-order valence-electron chi connectivity index (χ1n) is 9.37. The third-order valence-electron chi connectivity index (χ3n) is 5.78. The van der Waals surface area contributed by atoms with Gasteiger partial charge in [-0.1, -0.05) is 30.3 Å². The van der Waals surface area contributed by atoms with Gasteiger partial charge in [0.15, 0.2) is 11.6 Å². The van der Waals surface area contributed by atoms with Crippen LogP contribution in [0.5, 0.6) is 0 Å². The van der Waals surface area contributed by atoms with E-state index in [0.29, 0.717) is 12.6 Å². The van der Waals surface area contributed by atoms with Crippen LogP contribution in [0, 0.1) is 5.92 Å². The molecular formula is C19H23N5O2. The van der Waals surface area contributed by atoms with E-state index in [2.05, 4.69) is 19.7 Å². The molecule has 3 aliphatic heterocycles. The van der Waals surface area contributed by atoms with Crippen molar-refractivity contribution in [1.29, 1.82) is 0 Å². The summed E-state index contributed by atoms with van der Waals surface area (Å²) in [4.78, 5) is 17.2. The minimum absolute atomic E-state index is 0.124. The number of aromatic nitrogens is 3. The zero-order chi connectivity index (χ0) is 17.5. The van der Waals surface area contributed by atoms with Gasteiger partial charge in [-0.2, -0.15) is 0 Å². The molecule has 1 aromatic heterocycles. The number of nitrogens with zero attached hydrogens (tertiary/aromatic N) is 5. The van der Waals surface area contributed by atoms with E-state index in [1.54, 1.807) is 0 Å². The summed E-state index contributed by atoms with van der Waals surface area (Å²) in [5.74, 6) is 2.15. The average molecular weight is 353 g/mol. The standard InChI is InChI=1S/C19H23N5O2/c25-19(15-10-23(11-15)16-6-9-26-13-16)22-7-8-24-17(12-22)20-21-18(24)14-4-2-1-3-5-14/h1-5,15-16H,6-13H2. The zero-order valence-electron chi connectivity index (χ0n) is 14.8. The van der Waals surface area contributed by atoms with Crippen molar-refractivity contribution < 1.29 is 9.53 Å². The first-order chi connectivity index (χ1) is 12.8. The van der Waals surface area contributed by atoms with Crippen LogP contribution < -0.4 is 0 Å². The maximum atomic E-state index is 12.8. The quantitative estimate of drug-likeness (QED) is 0.824. The molecule has 0 aliphatic carbocycles. The molecule has 1 aromatic carbocycles. The monoisotopic (exact) mass is 353 g/mol. The summed E-state index contributed by atoms with van der Waals surface area (Å²) in [7, 11) is 0. The molecule has 7 nitrogen and oxygen atoms in total. The van der Waals surface area contributed by atoms with Gasteiger partial charge in [0.1, 0.15) is 0 Å². The van der Waals surface area contributed by atoms with Crippen molar-refractivity contribution in [2.24, 2.45) is 5.92 Å². The molecule has 3 aliphatic rings. The fourth-order valence-corrected chi connectivity index (χ4v) is 4.18. The molecule has 0 saturated carbocycles. The van der Waals surface area contributed by atoms with Crippen LogP contribution in [0.3, 0.4) is 0 Å². The van der Waals surface area contributed by atoms with Crippen molar-refractivity contribution in [2.75, 3.05) is 32.8 Å². The number of fused-ring (bicyclic) bond motifs is 1. The number of benzene rings is 1. The number of amides is 1. The fraction of sp³-hybridized carbons (Fsp3) is 0.526. The Balaban J connectivity index is 1.24. The van der Waals surface area contributed by atoms with Crippen LogP contribution >= 0.6 is 0 Å². The lowest BCUT2D eigenvalue weighted by Gasteiger charge is -2.44. The van der Waals surface area contributed by atoms with Crippen LogP contribution in [0.15, 0.2) is 30.3 Å². The Bertz CT molecular complexity index is 794. The highest BCUT2D eigenvalue weighted by molar-refractivity contribution is 5.80. The molecule has 2 aromatic rings. The van der Waals surface area contributed by atoms with Crippen molar-refractivity contribution in [1.82, 2.24) is 24.6 Å². The van der Waals surface area contributed by atoms with E-state index >= 15 is 0 Å². The summed E-state index contributed by atoms with van der Waals surface area (Å²) < 4.78 is 7.59. The molecule has 7 heteroatoms. The highest BCUT2D eigenvalue weighted by Gasteiger charge is 2.40. The van der Waals surface area contributed by atoms with Gasteiger partial charge in [-0.15, -0.1) is 10.2 Å². The van der Waals surface area contributed by atoms with Crippen LogP contribution in [0.25, 0.3) is 11.4 Å². The molecule has 2 fully saturated rings. The van der Waals surface area contributed by atoms with E-state index in [1.165, 1.54) is 0 Å². The van der Waals surface area contributed by atoms with Crippen LogP contribution in [0.1, 0.15) is 12.2 Å². The van der Waals surface area contributed by atoms with E-state index in [4.69, 9.17) is 4.74 Å². The van der Waals surface area contributed by atoms with Crippen molar-refractivity contribution in [3.63, 3.8) is 0 Å². The lowest BCUT2D eigenvalue weighted by atomic mass is 9.95. The molecule has 5 rings (SSSR count). The van der Waals surface area contributed by atoms with E-state index in [1.807, 2.05) is 35.2 Å². The van der Waals surface area contributed by atoms with E-state index < -0.39 is 0 Å². The highest BCUT2D eigenvalue weighted by atomic mass is 16.5. The van der Waals surface area contributed by atoms with Gasteiger partial charge in [-0.3, -0.25) is 9.69 Å². The Morgan fingerprint density at radius 2 is 1.96 bits per heavy atom. The molecule has 26 heavy (non-hydrogen) atoms. The van der Waals surface area contributed by atoms with E-state index in [9.17, 15) is 4.79 Å². The summed E-state index contributed by atoms with van der Waals surface area (Å²) in [6, 6.07) is 10.6. The second kappa shape index (κ2) is 6.48. The Labute approximate surface area is 152 Å². The van der Waals surface area contributed by atoms with Gasteiger partial charge in [0.2, 0.25) is 5.91 Å². The lowest BCUT2D eigenvalue weighted by Crippen LogP contribution is -2.58. The van der Waals surface area contributed by atoms with Crippen molar-refractivity contribution in [3.8, 4) is 11.4 Å². The molecule has 0 spiro atoms. The predicted molar refractivity (Wildman–Crippen MR) is 95.2 cm³/mol.